The van der Waals surface area contributed by atoms with Crippen molar-refractivity contribution in [2.24, 2.45) is 11.3 Å². The molecule has 2 aliphatic rings. The number of anilines is 1. The van der Waals surface area contributed by atoms with Crippen molar-refractivity contribution in [1.82, 2.24) is 0 Å². The Kier molecular flexibility index (Phi) is 4.50. The number of aliphatic hydroxyl groups is 1. The number of hydrogen-bond donors (Lipinski definition) is 2. The van der Waals surface area contributed by atoms with Crippen LogP contribution in [0.2, 0.25) is 0 Å². The zero-order chi connectivity index (χ0) is 16.4. The molecule has 0 aromatic heterocycles. The van der Waals surface area contributed by atoms with Crippen LogP contribution in [0.15, 0.2) is 18.2 Å². The van der Waals surface area contributed by atoms with Gasteiger partial charge in [0.2, 0.25) is 0 Å². The molecule has 23 heavy (non-hydrogen) atoms. The van der Waals surface area contributed by atoms with Gasteiger partial charge >= 0.3 is 0 Å². The minimum absolute atomic E-state index is 0.0569. The summed E-state index contributed by atoms with van der Waals surface area (Å²) in [6.45, 7) is 1.83. The molecule has 3 rings (SSSR count). The van der Waals surface area contributed by atoms with Gasteiger partial charge in [0.15, 0.2) is 5.82 Å². The van der Waals surface area contributed by atoms with E-state index in [-0.39, 0.29) is 22.7 Å². The Morgan fingerprint density at radius 2 is 2.13 bits per heavy atom. The third-order valence-corrected chi connectivity index (χ3v) is 5.29. The molecule has 1 saturated heterocycles. The van der Waals surface area contributed by atoms with Crippen LogP contribution in [0.5, 0.6) is 0 Å². The van der Waals surface area contributed by atoms with E-state index in [0.29, 0.717) is 19.8 Å². The molecule has 7 heteroatoms. The maximum atomic E-state index is 13.9. The number of rotatable bonds is 4. The van der Waals surface area contributed by atoms with E-state index in [1.165, 1.54) is 12.1 Å². The van der Waals surface area contributed by atoms with Crippen molar-refractivity contribution in [1.29, 1.82) is 0 Å². The van der Waals surface area contributed by atoms with Gasteiger partial charge < -0.3 is 15.2 Å². The van der Waals surface area contributed by atoms with Crippen LogP contribution in [0.4, 0.5) is 15.8 Å². The smallest absolute Gasteiger partial charge is 0.272 e. The van der Waals surface area contributed by atoms with Crippen molar-refractivity contribution in [3.63, 3.8) is 0 Å². The largest absolute Gasteiger partial charge is 0.392 e. The van der Waals surface area contributed by atoms with Crippen LogP contribution in [0.3, 0.4) is 0 Å². The lowest BCUT2D eigenvalue weighted by molar-refractivity contribution is -0.385. The number of benzene rings is 1. The second-order valence-electron chi connectivity index (χ2n) is 6.52. The van der Waals surface area contributed by atoms with Gasteiger partial charge in [0.1, 0.15) is 0 Å². The van der Waals surface area contributed by atoms with Crippen LogP contribution >= 0.6 is 0 Å². The molecule has 6 nitrogen and oxygen atoms in total. The summed E-state index contributed by atoms with van der Waals surface area (Å²) in [4.78, 5) is 10.00. The van der Waals surface area contributed by atoms with E-state index >= 15 is 0 Å². The Bertz CT molecular complexity index is 589. The van der Waals surface area contributed by atoms with E-state index in [9.17, 15) is 19.6 Å². The molecule has 1 aromatic carbocycles. The Balaban J connectivity index is 1.62. The molecule has 1 aliphatic carbocycles. The predicted molar refractivity (Wildman–Crippen MR) is 82.8 cm³/mol. The molecular formula is C16H21FN2O4. The number of nitro benzene ring substituents is 1. The van der Waals surface area contributed by atoms with Crippen LogP contribution in [-0.4, -0.2) is 35.9 Å². The fourth-order valence-corrected chi connectivity index (χ4v) is 3.82. The number of nitro groups is 1. The SMILES string of the molecule is O=[N+]([O-])c1ccc(NC[C@H]2CCC3(CCOCC3)[C@H]2O)c(F)c1. The fraction of sp³-hybridized carbons (Fsp3) is 0.625. The van der Waals surface area contributed by atoms with Crippen molar-refractivity contribution in [3.8, 4) is 0 Å². The molecule has 1 spiro atoms. The summed E-state index contributed by atoms with van der Waals surface area (Å²) >= 11 is 0. The number of hydrogen-bond acceptors (Lipinski definition) is 5. The van der Waals surface area contributed by atoms with Crippen LogP contribution in [-0.2, 0) is 4.74 Å². The minimum atomic E-state index is -0.646. The van der Waals surface area contributed by atoms with E-state index in [0.717, 1.165) is 31.7 Å². The van der Waals surface area contributed by atoms with Gasteiger partial charge in [-0.25, -0.2) is 4.39 Å². The number of aliphatic hydroxyl groups excluding tert-OH is 1. The summed E-state index contributed by atoms with van der Waals surface area (Å²) in [5, 5.41) is 24.3. The lowest BCUT2D eigenvalue weighted by Gasteiger charge is -2.37. The van der Waals surface area contributed by atoms with Gasteiger partial charge in [0, 0.05) is 37.2 Å². The quantitative estimate of drug-likeness (QED) is 0.657. The average molecular weight is 324 g/mol. The van der Waals surface area contributed by atoms with Crippen molar-refractivity contribution in [2.45, 2.75) is 31.8 Å². The van der Waals surface area contributed by atoms with Crippen LogP contribution < -0.4 is 5.32 Å². The Labute approximate surface area is 133 Å². The first-order valence-corrected chi connectivity index (χ1v) is 7.95. The van der Waals surface area contributed by atoms with E-state index in [1.54, 1.807) is 0 Å². The number of nitrogens with one attached hydrogen (secondary N) is 1. The molecule has 2 atom stereocenters. The van der Waals surface area contributed by atoms with Crippen molar-refractivity contribution in [2.75, 3.05) is 25.1 Å². The maximum absolute atomic E-state index is 13.9. The van der Waals surface area contributed by atoms with E-state index < -0.39 is 16.8 Å². The van der Waals surface area contributed by atoms with Crippen molar-refractivity contribution >= 4 is 11.4 Å². The van der Waals surface area contributed by atoms with Gasteiger partial charge in [-0.05, 0) is 31.7 Å². The van der Waals surface area contributed by atoms with Gasteiger partial charge in [-0.15, -0.1) is 0 Å². The Hall–Kier alpha value is -1.73. The summed E-state index contributed by atoms with van der Waals surface area (Å²) < 4.78 is 19.3. The molecule has 126 valence electrons. The normalized spacial score (nSPS) is 26.3. The second-order valence-corrected chi connectivity index (χ2v) is 6.52. The van der Waals surface area contributed by atoms with E-state index in [2.05, 4.69) is 5.32 Å². The lowest BCUT2D eigenvalue weighted by atomic mass is 9.76. The standard InChI is InChI=1S/C16H21FN2O4/c17-13-9-12(19(21)22)1-2-14(13)18-10-11-3-4-16(15(11)20)5-7-23-8-6-16/h1-2,9,11,15,18,20H,3-8,10H2/t11-,15+/m1/s1. The molecule has 2 fully saturated rings. The first-order valence-electron chi connectivity index (χ1n) is 7.95. The summed E-state index contributed by atoms with van der Waals surface area (Å²) in [5.74, 6) is -0.588. The zero-order valence-electron chi connectivity index (χ0n) is 12.8. The van der Waals surface area contributed by atoms with Gasteiger partial charge in [-0.1, -0.05) is 0 Å². The molecule has 1 saturated carbocycles. The number of ether oxygens (including phenoxy) is 1. The minimum Gasteiger partial charge on any atom is -0.392 e. The fourth-order valence-electron chi connectivity index (χ4n) is 3.82. The first kappa shape index (κ1) is 16.1. The molecule has 0 radical (unpaired) electrons. The van der Waals surface area contributed by atoms with Gasteiger partial charge in [-0.2, -0.15) is 0 Å². The lowest BCUT2D eigenvalue weighted by Crippen LogP contribution is -2.40. The highest BCUT2D eigenvalue weighted by Gasteiger charge is 2.47. The first-order chi connectivity index (χ1) is 11.0. The summed E-state index contributed by atoms with van der Waals surface area (Å²) in [5.41, 5.74) is -0.0932. The van der Waals surface area contributed by atoms with Gasteiger partial charge in [0.05, 0.1) is 22.8 Å². The molecule has 1 aliphatic heterocycles. The van der Waals surface area contributed by atoms with Crippen LogP contribution in [0.25, 0.3) is 0 Å². The Morgan fingerprint density at radius 3 is 2.78 bits per heavy atom. The van der Waals surface area contributed by atoms with Gasteiger partial charge in [0.25, 0.3) is 5.69 Å². The predicted octanol–water partition coefficient (Wildman–Crippen LogP) is 2.71. The second kappa shape index (κ2) is 6.41. The van der Waals surface area contributed by atoms with Crippen molar-refractivity contribution < 1.29 is 19.2 Å². The van der Waals surface area contributed by atoms with E-state index in [4.69, 9.17) is 4.74 Å². The number of nitrogens with zero attached hydrogens (tertiary/aromatic N) is 1. The topological polar surface area (TPSA) is 84.6 Å². The third-order valence-electron chi connectivity index (χ3n) is 5.29. The van der Waals surface area contributed by atoms with Crippen molar-refractivity contribution in [3.05, 3.63) is 34.1 Å². The molecule has 1 heterocycles. The highest BCUT2D eigenvalue weighted by Crippen LogP contribution is 2.48. The average Bonchev–Trinajstić information content (AvgIpc) is 2.83. The molecule has 0 bridgehead atoms. The molecule has 2 N–H and O–H groups in total. The van der Waals surface area contributed by atoms with Crippen LogP contribution in [0.1, 0.15) is 25.7 Å². The Morgan fingerprint density at radius 1 is 1.39 bits per heavy atom. The van der Waals surface area contributed by atoms with Crippen LogP contribution in [0, 0.1) is 27.3 Å². The molecule has 0 amide bonds. The summed E-state index contributed by atoms with van der Waals surface area (Å²) in [6, 6.07) is 3.56. The summed E-state index contributed by atoms with van der Waals surface area (Å²) in [6.07, 6.45) is 3.18. The van der Waals surface area contributed by atoms with Gasteiger partial charge in [-0.3, -0.25) is 10.1 Å². The highest BCUT2D eigenvalue weighted by atomic mass is 19.1. The number of halogens is 1. The summed E-state index contributed by atoms with van der Waals surface area (Å²) in [7, 11) is 0. The third kappa shape index (κ3) is 3.16. The molecule has 1 aromatic rings. The monoisotopic (exact) mass is 324 g/mol. The maximum Gasteiger partial charge on any atom is 0.272 e. The van der Waals surface area contributed by atoms with E-state index in [1.807, 2.05) is 0 Å². The molecular weight excluding hydrogens is 303 g/mol. The number of non-ortho nitro benzene ring substituents is 1. The highest BCUT2D eigenvalue weighted by molar-refractivity contribution is 5.50. The molecule has 0 unspecified atom stereocenters. The zero-order valence-corrected chi connectivity index (χ0v) is 12.8.